The summed E-state index contributed by atoms with van der Waals surface area (Å²) in [7, 11) is 0. The van der Waals surface area contributed by atoms with Crippen molar-refractivity contribution in [3.8, 4) is 11.1 Å². The first kappa shape index (κ1) is 25.7. The van der Waals surface area contributed by atoms with Crippen LogP contribution < -0.4 is 11.1 Å². The topological polar surface area (TPSA) is 50.4 Å². The van der Waals surface area contributed by atoms with E-state index in [2.05, 4.69) is 121 Å². The molecule has 0 aliphatic heterocycles. The number of benzene rings is 7. The number of aliphatic imine (C=N–C) groups is 1. The summed E-state index contributed by atoms with van der Waals surface area (Å²) < 4.78 is 0. The molecule has 0 aliphatic carbocycles. The van der Waals surface area contributed by atoms with E-state index in [1.165, 1.54) is 43.4 Å². The number of hydrogen-bond acceptors (Lipinski definition) is 2. The van der Waals surface area contributed by atoms with Crippen molar-refractivity contribution in [3.05, 3.63) is 168 Å². The van der Waals surface area contributed by atoms with Gasteiger partial charge in [0.25, 0.3) is 0 Å². The molecule has 0 heterocycles. The fraction of sp³-hybridized carbons (Fsp3) is 0.0513. The first-order chi connectivity index (χ1) is 20.7. The van der Waals surface area contributed by atoms with Crippen LogP contribution in [-0.4, -0.2) is 5.84 Å². The fourth-order valence-corrected chi connectivity index (χ4v) is 5.85. The Balaban J connectivity index is 1.31. The second-order valence-electron chi connectivity index (χ2n) is 10.6. The normalized spacial score (nSPS) is 12.6. The van der Waals surface area contributed by atoms with Crippen molar-refractivity contribution in [1.82, 2.24) is 5.32 Å². The molecule has 42 heavy (non-hydrogen) atoms. The van der Waals surface area contributed by atoms with Gasteiger partial charge in [-0.05, 0) is 66.7 Å². The van der Waals surface area contributed by atoms with Gasteiger partial charge >= 0.3 is 0 Å². The van der Waals surface area contributed by atoms with Gasteiger partial charge in [0.05, 0.1) is 0 Å². The Morgan fingerprint density at radius 1 is 0.524 bits per heavy atom. The minimum absolute atomic E-state index is 0.310. The van der Waals surface area contributed by atoms with E-state index in [1.807, 2.05) is 36.4 Å². The van der Waals surface area contributed by atoms with Gasteiger partial charge in [-0.2, -0.15) is 0 Å². The third-order valence-corrected chi connectivity index (χ3v) is 7.96. The van der Waals surface area contributed by atoms with Gasteiger partial charge in [-0.25, -0.2) is 4.99 Å². The molecule has 0 fully saturated rings. The smallest absolute Gasteiger partial charge is 0.128 e. The highest BCUT2D eigenvalue weighted by Crippen LogP contribution is 2.37. The van der Waals surface area contributed by atoms with Crippen molar-refractivity contribution in [1.29, 1.82) is 0 Å². The summed E-state index contributed by atoms with van der Waals surface area (Å²) in [5, 5.41) is 11.3. The number of nitrogens with two attached hydrogens (primary N) is 1. The number of hydrogen-bond donors (Lipinski definition) is 2. The monoisotopic (exact) mass is 541 g/mol. The summed E-state index contributed by atoms with van der Waals surface area (Å²) in [6, 6.07) is 53.2. The maximum atomic E-state index is 6.52. The molecule has 1 atom stereocenters. The lowest BCUT2D eigenvalue weighted by Crippen LogP contribution is -2.24. The summed E-state index contributed by atoms with van der Waals surface area (Å²) >= 11 is 0. The van der Waals surface area contributed by atoms with Gasteiger partial charge in [-0.3, -0.25) is 5.32 Å². The van der Waals surface area contributed by atoms with E-state index in [9.17, 15) is 0 Å². The van der Waals surface area contributed by atoms with Crippen LogP contribution in [0.5, 0.6) is 0 Å². The van der Waals surface area contributed by atoms with Crippen molar-refractivity contribution < 1.29 is 0 Å². The van der Waals surface area contributed by atoms with Crippen molar-refractivity contribution in [3.63, 3.8) is 0 Å². The van der Waals surface area contributed by atoms with Crippen LogP contribution in [0.3, 0.4) is 0 Å². The maximum absolute atomic E-state index is 6.52. The van der Waals surface area contributed by atoms with Crippen molar-refractivity contribution in [2.75, 3.05) is 0 Å². The molecule has 7 aromatic carbocycles. The third kappa shape index (κ3) is 5.03. The molecule has 0 spiro atoms. The molecule has 7 aromatic rings. The third-order valence-electron chi connectivity index (χ3n) is 7.96. The van der Waals surface area contributed by atoms with Crippen LogP contribution in [0.4, 0.5) is 0 Å². The van der Waals surface area contributed by atoms with Gasteiger partial charge in [-0.15, -0.1) is 0 Å². The predicted molar refractivity (Wildman–Crippen MR) is 178 cm³/mol. The number of nitrogens with one attached hydrogen (secondary N) is 1. The van der Waals surface area contributed by atoms with Gasteiger partial charge < -0.3 is 5.73 Å². The minimum atomic E-state index is -0.310. The van der Waals surface area contributed by atoms with Gasteiger partial charge in [0, 0.05) is 12.1 Å². The molecule has 0 amide bonds. The van der Waals surface area contributed by atoms with E-state index in [0.717, 1.165) is 16.7 Å². The molecule has 0 saturated carbocycles. The fourth-order valence-electron chi connectivity index (χ4n) is 5.85. The number of nitrogens with zero attached hydrogens (tertiary/aromatic N) is 1. The highest BCUT2D eigenvalue weighted by Gasteiger charge is 2.14. The lowest BCUT2D eigenvalue weighted by Gasteiger charge is -2.18. The van der Waals surface area contributed by atoms with Crippen LogP contribution in [0.1, 0.15) is 22.9 Å². The van der Waals surface area contributed by atoms with Gasteiger partial charge in [-0.1, -0.05) is 140 Å². The van der Waals surface area contributed by atoms with Crippen molar-refractivity contribution >= 4 is 38.2 Å². The van der Waals surface area contributed by atoms with Gasteiger partial charge in [0.2, 0.25) is 0 Å². The molecule has 3 heteroatoms. The molecular weight excluding hydrogens is 510 g/mol. The molecule has 0 bridgehead atoms. The predicted octanol–water partition coefficient (Wildman–Crippen LogP) is 9.01. The molecule has 0 saturated heterocycles. The largest absolute Gasteiger partial charge is 0.383 e. The second kappa shape index (κ2) is 11.3. The Morgan fingerprint density at radius 3 is 1.74 bits per heavy atom. The zero-order valence-electron chi connectivity index (χ0n) is 23.2. The molecule has 7 rings (SSSR count). The summed E-state index contributed by atoms with van der Waals surface area (Å²) in [6.07, 6.45) is -0.310. The van der Waals surface area contributed by atoms with Crippen LogP contribution in [0.15, 0.2) is 157 Å². The molecule has 0 aliphatic rings. The summed E-state index contributed by atoms with van der Waals surface area (Å²) in [6.45, 7) is 0.677. The van der Waals surface area contributed by atoms with Crippen molar-refractivity contribution in [2.45, 2.75) is 12.7 Å². The molecule has 3 N–H and O–H groups in total. The number of amidine groups is 1. The molecule has 0 aromatic heterocycles. The molecule has 0 radical (unpaired) electrons. The van der Waals surface area contributed by atoms with Crippen LogP contribution in [-0.2, 0) is 6.54 Å². The van der Waals surface area contributed by atoms with E-state index in [4.69, 9.17) is 10.7 Å². The lowest BCUT2D eigenvalue weighted by atomic mass is 9.92. The number of rotatable bonds is 7. The highest BCUT2D eigenvalue weighted by molar-refractivity contribution is 6.25. The van der Waals surface area contributed by atoms with Crippen LogP contribution >= 0.6 is 0 Å². The molecule has 3 nitrogen and oxygen atoms in total. The van der Waals surface area contributed by atoms with E-state index >= 15 is 0 Å². The van der Waals surface area contributed by atoms with E-state index < -0.39 is 0 Å². The average Bonchev–Trinajstić information content (AvgIpc) is 3.07. The number of fused-ring (bicyclic) bond motifs is 6. The Bertz CT molecular complexity index is 2010. The second-order valence-corrected chi connectivity index (χ2v) is 10.6. The van der Waals surface area contributed by atoms with Crippen LogP contribution in [0, 0.1) is 0 Å². The SMILES string of the molecule is NC(=NC(NCc1ccccc1)c1cccc(-c2ccc3c4ccccc4c4ccccc4c3c2)c1)c1ccccc1. The van der Waals surface area contributed by atoms with Gasteiger partial charge in [0.1, 0.15) is 12.0 Å². The summed E-state index contributed by atoms with van der Waals surface area (Å²) in [5.74, 6) is 0.510. The Morgan fingerprint density at radius 2 is 1.07 bits per heavy atom. The molecular formula is C39H31N3. The van der Waals surface area contributed by atoms with Crippen LogP contribution in [0.25, 0.3) is 43.4 Å². The summed E-state index contributed by atoms with van der Waals surface area (Å²) in [5.41, 5.74) is 12.0. The van der Waals surface area contributed by atoms with Crippen molar-refractivity contribution in [2.24, 2.45) is 10.7 Å². The molecule has 202 valence electrons. The Hall–Kier alpha value is -5.25. The standard InChI is InChI=1S/C39H31N3/c40-38(28-14-5-2-6-15-28)42-39(41-26-27-12-3-1-4-13-27)31-17-11-16-29(24-31)30-22-23-36-34-20-8-7-18-32(34)33-19-9-10-21-35(33)37(36)25-30/h1-25,39,41H,26H2,(H2,40,42). The zero-order chi connectivity index (χ0) is 28.3. The Kier molecular flexibility index (Phi) is 6.93. The Labute approximate surface area is 246 Å². The average molecular weight is 542 g/mol. The maximum Gasteiger partial charge on any atom is 0.128 e. The first-order valence-corrected chi connectivity index (χ1v) is 14.3. The quantitative estimate of drug-likeness (QED) is 0.120. The van der Waals surface area contributed by atoms with E-state index in [0.29, 0.717) is 12.4 Å². The van der Waals surface area contributed by atoms with E-state index in [-0.39, 0.29) is 6.17 Å². The first-order valence-electron chi connectivity index (χ1n) is 14.3. The molecule has 1 unspecified atom stereocenters. The lowest BCUT2D eigenvalue weighted by molar-refractivity contribution is 0.554. The van der Waals surface area contributed by atoms with Gasteiger partial charge in [0.15, 0.2) is 0 Å². The minimum Gasteiger partial charge on any atom is -0.383 e. The van der Waals surface area contributed by atoms with Crippen LogP contribution in [0.2, 0.25) is 0 Å². The zero-order valence-corrected chi connectivity index (χ0v) is 23.2. The summed E-state index contributed by atoms with van der Waals surface area (Å²) in [4.78, 5) is 4.98. The van der Waals surface area contributed by atoms with E-state index in [1.54, 1.807) is 0 Å². The highest BCUT2D eigenvalue weighted by atomic mass is 15.1.